The predicted molar refractivity (Wildman–Crippen MR) is 188 cm³/mol. The van der Waals surface area contributed by atoms with Crippen LogP contribution in [0, 0.1) is 11.8 Å². The Hall–Kier alpha value is -1.49. The van der Waals surface area contributed by atoms with E-state index in [1.165, 1.54) is 0 Å². The molecule has 2 N–H and O–H groups in total. The van der Waals surface area contributed by atoms with Gasteiger partial charge in [0.15, 0.2) is 5.79 Å². The van der Waals surface area contributed by atoms with E-state index in [0.717, 1.165) is 49.7 Å². The lowest BCUT2D eigenvalue weighted by molar-refractivity contribution is -0.293. The number of carbonyl (C=O) groups excluding carboxylic acids is 1. The molecule has 11 saturated heterocycles. The second kappa shape index (κ2) is 14.1. The maximum absolute atomic E-state index is 14.0. The predicted octanol–water partition coefficient (Wildman–Crippen LogP) is 3.20. The number of rotatable bonds is 1. The zero-order valence-electron chi connectivity index (χ0n) is 31.5. The number of hydrogen-bond donors (Lipinski definition) is 2. The zero-order valence-corrected chi connectivity index (χ0v) is 31.5. The molecule has 11 rings (SSSR count). The van der Waals surface area contributed by atoms with E-state index >= 15 is 0 Å². The van der Waals surface area contributed by atoms with Gasteiger partial charge in [-0.15, -0.1) is 0 Å². The number of fused-ring (bicyclic) bond motifs is 7. The number of carbonyl (C=O) groups is 1. The monoisotopic (exact) mass is 758 g/mol. The molecule has 1 spiro atoms. The minimum atomic E-state index is -0.863. The Bertz CT molecular complexity index is 1470. The van der Waals surface area contributed by atoms with Crippen LogP contribution < -0.4 is 0 Å². The molecular weight excluding hydrogens is 700 g/mol. The topological polar surface area (TPSA) is 150 Å². The molecule has 11 heterocycles. The fraction of sp³-hybridized carbons (Fsp3) is 0.878. The van der Waals surface area contributed by atoms with Gasteiger partial charge in [0, 0.05) is 31.6 Å². The van der Waals surface area contributed by atoms with Crippen molar-refractivity contribution in [1.82, 2.24) is 0 Å². The lowest BCUT2D eigenvalue weighted by atomic mass is 9.79. The molecule has 21 atom stereocenters. The van der Waals surface area contributed by atoms with Gasteiger partial charge in [-0.3, -0.25) is 4.79 Å². The first-order chi connectivity index (χ1) is 26.0. The minimum absolute atomic E-state index is 0.000828. The van der Waals surface area contributed by atoms with E-state index in [1.54, 1.807) is 0 Å². The molecule has 12 bridgehead atoms. The summed E-state index contributed by atoms with van der Waals surface area (Å²) in [5.41, 5.74) is 2.13. The highest BCUT2D eigenvalue weighted by Crippen LogP contribution is 2.54. The number of aliphatic hydroxyl groups excluding tert-OH is 2. The average molecular weight is 759 g/mol. The van der Waals surface area contributed by atoms with E-state index in [2.05, 4.69) is 20.1 Å². The Morgan fingerprint density at radius 2 is 1.41 bits per heavy atom. The molecule has 0 aromatic carbocycles. The summed E-state index contributed by atoms with van der Waals surface area (Å²) in [7, 11) is 0. The summed E-state index contributed by atoms with van der Waals surface area (Å²) in [5, 5.41) is 20.7. The molecular formula is C41H58O13. The third-order valence-electron chi connectivity index (χ3n) is 14.6. The third kappa shape index (κ3) is 6.36. The van der Waals surface area contributed by atoms with E-state index < -0.39 is 54.6 Å². The molecule has 0 radical (unpaired) electrons. The first-order valence-electron chi connectivity index (χ1n) is 20.8. The SMILES string of the molecule is C=C1C[C@@H]2CC[C@@]34C[C@H]5O[C@@H]6C(O[C@H]7CC[C@H](CC(=O)O[C@@H]8[C@@H](C)[C@@H]9O[C@H](CO)[C@@H](O)C[C@@H]9O[C@H]8C[C@H]8O[C@@H](CC[C@@H]1O2)C[C@@H](C)C8=C)O[C@@H]7[C@@H]6O3)[C@H]5O4. The van der Waals surface area contributed by atoms with E-state index in [0.29, 0.717) is 32.1 Å². The Labute approximate surface area is 317 Å². The molecule has 0 amide bonds. The van der Waals surface area contributed by atoms with Gasteiger partial charge in [-0.1, -0.05) is 27.0 Å². The quantitative estimate of drug-likeness (QED) is 0.298. The largest absolute Gasteiger partial charge is 0.459 e. The van der Waals surface area contributed by atoms with Crippen LogP contribution >= 0.6 is 0 Å². The molecule has 11 aliphatic heterocycles. The van der Waals surface area contributed by atoms with Crippen LogP contribution in [0.5, 0.6) is 0 Å². The van der Waals surface area contributed by atoms with Crippen LogP contribution in [-0.4, -0.2) is 138 Å². The van der Waals surface area contributed by atoms with Crippen molar-refractivity contribution in [3.63, 3.8) is 0 Å². The highest BCUT2D eigenvalue weighted by atomic mass is 16.8. The van der Waals surface area contributed by atoms with Crippen LogP contribution in [0.25, 0.3) is 0 Å². The van der Waals surface area contributed by atoms with Crippen molar-refractivity contribution >= 4 is 5.97 Å². The third-order valence-corrected chi connectivity index (χ3v) is 14.6. The van der Waals surface area contributed by atoms with Crippen molar-refractivity contribution in [1.29, 1.82) is 0 Å². The summed E-state index contributed by atoms with van der Waals surface area (Å²) in [6.45, 7) is 12.8. The first kappa shape index (κ1) is 36.8. The zero-order chi connectivity index (χ0) is 37.0. The standard InChI is InChI=1S/C41H58O13/c1-18-11-22-5-7-26-19(2)12-24(45-26)9-10-41-16-31-37(53-41)38-39(50-31)40(54-41)36-27(49-38)8-6-23(47-36)13-33(44)52-35-21(4)34-29(14-25(43)32(17-42)51-34)48-30(35)15-28(46-22)20(18)3/h18,21-32,34-40,42-43H,2-3,5-17H2,1,4H3/t18-,21+,22+,23-,24+,25+,26+,27+,28-,29+,30+,31-,32-,34+,35-,36+,37+,38?,39-,40+,41+/m1/s1. The van der Waals surface area contributed by atoms with Crippen molar-refractivity contribution in [2.75, 3.05) is 6.61 Å². The fourth-order valence-electron chi connectivity index (χ4n) is 11.7. The van der Waals surface area contributed by atoms with Crippen LogP contribution in [0.2, 0.25) is 0 Å². The van der Waals surface area contributed by atoms with Gasteiger partial charge in [0.05, 0.1) is 80.2 Å². The van der Waals surface area contributed by atoms with E-state index in [4.69, 9.17) is 47.4 Å². The van der Waals surface area contributed by atoms with Gasteiger partial charge in [0.1, 0.15) is 42.7 Å². The smallest absolute Gasteiger partial charge is 0.308 e. The van der Waals surface area contributed by atoms with Gasteiger partial charge in [-0.25, -0.2) is 0 Å². The molecule has 300 valence electrons. The summed E-state index contributed by atoms with van der Waals surface area (Å²) in [6.07, 6.45) is 1.52. The van der Waals surface area contributed by atoms with Gasteiger partial charge < -0.3 is 57.6 Å². The summed E-state index contributed by atoms with van der Waals surface area (Å²) in [6, 6.07) is 0. The van der Waals surface area contributed by atoms with Crippen LogP contribution in [0.3, 0.4) is 0 Å². The molecule has 13 nitrogen and oxygen atoms in total. The average Bonchev–Trinajstić information content (AvgIpc) is 3.73. The Morgan fingerprint density at radius 3 is 2.26 bits per heavy atom. The van der Waals surface area contributed by atoms with Gasteiger partial charge in [-0.2, -0.15) is 0 Å². The molecule has 0 saturated carbocycles. The van der Waals surface area contributed by atoms with Crippen LogP contribution in [0.15, 0.2) is 24.3 Å². The molecule has 0 aromatic rings. The van der Waals surface area contributed by atoms with E-state index in [9.17, 15) is 15.0 Å². The second-order valence-corrected chi connectivity index (χ2v) is 18.1. The normalized spacial score (nSPS) is 55.7. The van der Waals surface area contributed by atoms with E-state index in [1.807, 2.05) is 6.92 Å². The molecule has 54 heavy (non-hydrogen) atoms. The molecule has 1 unspecified atom stereocenters. The molecule has 11 aliphatic rings. The molecule has 13 heteroatoms. The Balaban J connectivity index is 0.938. The van der Waals surface area contributed by atoms with E-state index in [-0.39, 0.29) is 91.9 Å². The maximum Gasteiger partial charge on any atom is 0.308 e. The van der Waals surface area contributed by atoms with Crippen LogP contribution in [-0.2, 0) is 52.2 Å². The highest BCUT2D eigenvalue weighted by molar-refractivity contribution is 5.70. The summed E-state index contributed by atoms with van der Waals surface area (Å²) >= 11 is 0. The number of hydrogen-bond acceptors (Lipinski definition) is 13. The van der Waals surface area contributed by atoms with Crippen molar-refractivity contribution in [3.05, 3.63) is 24.3 Å². The number of esters is 1. The van der Waals surface area contributed by atoms with Gasteiger partial charge >= 0.3 is 5.97 Å². The van der Waals surface area contributed by atoms with Gasteiger partial charge in [-0.05, 0) is 62.0 Å². The Morgan fingerprint density at radius 1 is 0.667 bits per heavy atom. The minimum Gasteiger partial charge on any atom is -0.459 e. The maximum atomic E-state index is 14.0. The molecule has 0 aromatic heterocycles. The number of aliphatic hydroxyl groups is 2. The highest BCUT2D eigenvalue weighted by Gasteiger charge is 2.69. The molecule has 0 aliphatic carbocycles. The molecule has 11 fully saturated rings. The van der Waals surface area contributed by atoms with Crippen molar-refractivity contribution in [2.45, 2.75) is 207 Å². The second-order valence-electron chi connectivity index (χ2n) is 18.1. The Kier molecular flexibility index (Phi) is 9.62. The first-order valence-corrected chi connectivity index (χ1v) is 20.8. The summed E-state index contributed by atoms with van der Waals surface area (Å²) in [4.78, 5) is 14.0. The van der Waals surface area contributed by atoms with Crippen molar-refractivity contribution in [3.8, 4) is 0 Å². The van der Waals surface area contributed by atoms with Crippen LogP contribution in [0.4, 0.5) is 0 Å². The lowest BCUT2D eigenvalue weighted by Gasteiger charge is -2.51. The van der Waals surface area contributed by atoms with Crippen LogP contribution in [0.1, 0.15) is 90.9 Å². The lowest BCUT2D eigenvalue weighted by Crippen LogP contribution is -2.62. The fourth-order valence-corrected chi connectivity index (χ4v) is 11.7. The van der Waals surface area contributed by atoms with Crippen molar-refractivity contribution < 1.29 is 62.4 Å². The van der Waals surface area contributed by atoms with Gasteiger partial charge in [0.2, 0.25) is 0 Å². The van der Waals surface area contributed by atoms with Crippen molar-refractivity contribution in [2.24, 2.45) is 11.8 Å². The number of ether oxygens (including phenoxy) is 10. The summed E-state index contributed by atoms with van der Waals surface area (Å²) < 4.78 is 66.5. The summed E-state index contributed by atoms with van der Waals surface area (Å²) in [5.74, 6) is -1.22. The van der Waals surface area contributed by atoms with Gasteiger partial charge in [0.25, 0.3) is 0 Å².